The van der Waals surface area contributed by atoms with Gasteiger partial charge in [-0.1, -0.05) is 11.6 Å². The summed E-state index contributed by atoms with van der Waals surface area (Å²) in [5.74, 6) is -1.86. The minimum atomic E-state index is -4.84. The Morgan fingerprint density at radius 2 is 1.20 bits per heavy atom. The van der Waals surface area contributed by atoms with Gasteiger partial charge in [0.15, 0.2) is 11.4 Å². The van der Waals surface area contributed by atoms with Crippen molar-refractivity contribution in [1.82, 2.24) is 30.1 Å². The van der Waals surface area contributed by atoms with E-state index in [1.807, 2.05) is 0 Å². The van der Waals surface area contributed by atoms with Gasteiger partial charge in [-0.25, -0.2) is 30.1 Å². The van der Waals surface area contributed by atoms with E-state index in [-0.39, 0.29) is 22.5 Å². The number of hydrogen-bond acceptors (Lipinski definition) is 10. The number of pyridine rings is 4. The zero-order valence-corrected chi connectivity index (χ0v) is 29.3. The fourth-order valence-corrected chi connectivity index (χ4v) is 3.74. The number of halogens is 9. The van der Waals surface area contributed by atoms with E-state index in [1.165, 1.54) is 32.6 Å². The molecule has 264 valence electrons. The van der Waals surface area contributed by atoms with Crippen LogP contribution in [-0.2, 0) is 22.0 Å². The maximum Gasteiger partial charge on any atom is 0.434 e. The van der Waals surface area contributed by atoms with Crippen LogP contribution in [0.1, 0.15) is 32.1 Å². The summed E-state index contributed by atoms with van der Waals surface area (Å²) in [6.07, 6.45) is -6.90. The van der Waals surface area contributed by atoms with E-state index in [0.29, 0.717) is 14.7 Å². The Labute approximate surface area is 295 Å². The lowest BCUT2D eigenvalue weighted by atomic mass is 10.1. The van der Waals surface area contributed by atoms with Crippen LogP contribution in [0.25, 0.3) is 0 Å². The first-order valence-electron chi connectivity index (χ1n) is 12.8. The van der Waals surface area contributed by atoms with Crippen LogP contribution in [-0.4, -0.2) is 75.3 Å². The van der Waals surface area contributed by atoms with Crippen LogP contribution in [0.3, 0.4) is 0 Å². The van der Waals surface area contributed by atoms with Crippen molar-refractivity contribution in [2.75, 3.05) is 28.3 Å². The number of nitrogens with zero attached hydrogens (tertiary/aromatic N) is 6. The molecular weight excluding hydrogens is 826 g/mol. The number of amides is 2. The second-order valence-corrected chi connectivity index (χ2v) is 10.8. The molecule has 0 bridgehead atoms. The topological polar surface area (TPSA) is 140 Å². The van der Waals surface area contributed by atoms with E-state index in [9.17, 15) is 35.9 Å². The third kappa shape index (κ3) is 12.7. The molecular formula is C28H23Br2ClF6N6O6. The molecule has 0 spiro atoms. The molecule has 0 aliphatic carbocycles. The first-order chi connectivity index (χ1) is 22.8. The number of rotatable bonds is 6. The molecule has 0 atom stereocenters. The molecule has 12 nitrogen and oxygen atoms in total. The number of hydrogen-bond donors (Lipinski definition) is 1. The predicted octanol–water partition coefficient (Wildman–Crippen LogP) is 7.62. The van der Waals surface area contributed by atoms with Crippen LogP contribution in [0.15, 0.2) is 70.1 Å². The van der Waals surface area contributed by atoms with Crippen molar-refractivity contribution in [3.63, 3.8) is 0 Å². The SMILES string of the molecule is CON(C)C(=O)c1ccc(Cl)nc1C(F)(F)F.CON(C)C(=O)c1ccc(Oc2ccc(Br)nc2)nc1C(F)(F)F.Oc1ccc(Br)nc1. The van der Waals surface area contributed by atoms with Crippen molar-refractivity contribution >= 4 is 55.3 Å². The van der Waals surface area contributed by atoms with Gasteiger partial charge in [0.2, 0.25) is 5.88 Å². The highest BCUT2D eigenvalue weighted by Crippen LogP contribution is 2.34. The van der Waals surface area contributed by atoms with Gasteiger partial charge in [0.05, 0.1) is 37.7 Å². The molecule has 21 heteroatoms. The average molecular weight is 849 g/mol. The third-order valence-corrected chi connectivity index (χ3v) is 6.63. The first kappa shape index (κ1) is 41.1. The van der Waals surface area contributed by atoms with Gasteiger partial charge in [0.1, 0.15) is 25.9 Å². The number of alkyl halides is 6. The highest BCUT2D eigenvalue weighted by atomic mass is 79.9. The highest BCUT2D eigenvalue weighted by molar-refractivity contribution is 9.10. The van der Waals surface area contributed by atoms with Crippen molar-refractivity contribution < 1.29 is 55.5 Å². The van der Waals surface area contributed by atoms with Crippen LogP contribution >= 0.6 is 43.5 Å². The Balaban J connectivity index is 0.000000288. The molecule has 4 aromatic rings. The number of aromatic nitrogens is 4. The molecule has 0 aliphatic heterocycles. The summed E-state index contributed by atoms with van der Waals surface area (Å²) in [6.45, 7) is 0. The number of ether oxygens (including phenoxy) is 1. The van der Waals surface area contributed by atoms with Gasteiger partial charge in [-0.05, 0) is 74.3 Å². The normalized spacial score (nSPS) is 11.0. The van der Waals surface area contributed by atoms with E-state index in [0.717, 1.165) is 43.1 Å². The fourth-order valence-electron chi connectivity index (χ4n) is 3.13. The van der Waals surface area contributed by atoms with Crippen molar-refractivity contribution in [2.45, 2.75) is 12.4 Å². The van der Waals surface area contributed by atoms with Crippen molar-refractivity contribution in [1.29, 1.82) is 0 Å². The smallest absolute Gasteiger partial charge is 0.434 e. The lowest BCUT2D eigenvalue weighted by molar-refractivity contribution is -0.143. The second kappa shape index (κ2) is 18.0. The average Bonchev–Trinajstić information content (AvgIpc) is 3.05. The van der Waals surface area contributed by atoms with Crippen LogP contribution in [0, 0.1) is 0 Å². The molecule has 0 aliphatic rings. The molecule has 4 heterocycles. The van der Waals surface area contributed by atoms with Gasteiger partial charge in [0.25, 0.3) is 11.8 Å². The molecule has 2 amide bonds. The number of carbonyl (C=O) groups excluding carboxylic acids is 2. The summed E-state index contributed by atoms with van der Waals surface area (Å²) in [4.78, 5) is 46.8. The first-order valence-corrected chi connectivity index (χ1v) is 14.8. The van der Waals surface area contributed by atoms with Crippen molar-refractivity contribution in [2.24, 2.45) is 0 Å². The molecule has 4 rings (SSSR count). The summed E-state index contributed by atoms with van der Waals surface area (Å²) in [6, 6.07) is 10.5. The van der Waals surface area contributed by atoms with E-state index in [2.05, 4.69) is 61.5 Å². The second-order valence-electron chi connectivity index (χ2n) is 8.80. The molecule has 1 N–H and O–H groups in total. The highest BCUT2D eigenvalue weighted by Gasteiger charge is 2.39. The van der Waals surface area contributed by atoms with Crippen molar-refractivity contribution in [3.8, 4) is 17.4 Å². The Kier molecular flexibility index (Phi) is 15.1. The van der Waals surface area contributed by atoms with E-state index in [4.69, 9.17) is 21.4 Å². The predicted molar refractivity (Wildman–Crippen MR) is 167 cm³/mol. The Hall–Kier alpha value is -4.11. The lowest BCUT2D eigenvalue weighted by Crippen LogP contribution is -2.28. The largest absolute Gasteiger partial charge is 0.506 e. The minimum absolute atomic E-state index is 0.188. The molecule has 0 saturated carbocycles. The van der Waals surface area contributed by atoms with Gasteiger partial charge >= 0.3 is 12.4 Å². The third-order valence-electron chi connectivity index (χ3n) is 5.48. The zero-order chi connectivity index (χ0) is 37.1. The van der Waals surface area contributed by atoms with Crippen LogP contribution in [0.4, 0.5) is 26.3 Å². The summed E-state index contributed by atoms with van der Waals surface area (Å²) in [5.41, 5.74) is -3.96. The summed E-state index contributed by atoms with van der Waals surface area (Å²) >= 11 is 11.6. The van der Waals surface area contributed by atoms with E-state index in [1.54, 1.807) is 18.2 Å². The maximum absolute atomic E-state index is 13.2. The van der Waals surface area contributed by atoms with Gasteiger partial charge in [-0.3, -0.25) is 19.3 Å². The monoisotopic (exact) mass is 846 g/mol. The minimum Gasteiger partial charge on any atom is -0.506 e. The molecule has 0 aromatic carbocycles. The maximum atomic E-state index is 13.2. The van der Waals surface area contributed by atoms with Crippen molar-refractivity contribution in [3.05, 3.63) is 97.8 Å². The Morgan fingerprint density at radius 1 is 0.735 bits per heavy atom. The molecule has 0 saturated heterocycles. The molecule has 0 unspecified atom stereocenters. The van der Waals surface area contributed by atoms with Crippen LogP contribution in [0.5, 0.6) is 17.4 Å². The fraction of sp³-hybridized carbons (Fsp3) is 0.214. The molecule has 4 aromatic heterocycles. The van der Waals surface area contributed by atoms with Crippen LogP contribution < -0.4 is 4.74 Å². The van der Waals surface area contributed by atoms with Gasteiger partial charge < -0.3 is 9.84 Å². The van der Waals surface area contributed by atoms with E-state index >= 15 is 0 Å². The number of aromatic hydroxyl groups is 1. The molecule has 0 fully saturated rings. The summed E-state index contributed by atoms with van der Waals surface area (Å²) in [5, 5.41) is 9.67. The molecule has 49 heavy (non-hydrogen) atoms. The van der Waals surface area contributed by atoms with Gasteiger partial charge in [-0.2, -0.15) is 26.3 Å². The van der Waals surface area contributed by atoms with Gasteiger partial charge in [-0.15, -0.1) is 0 Å². The van der Waals surface area contributed by atoms with E-state index < -0.39 is 46.7 Å². The van der Waals surface area contributed by atoms with Crippen LogP contribution in [0.2, 0.25) is 5.15 Å². The van der Waals surface area contributed by atoms with Gasteiger partial charge in [0, 0.05) is 20.2 Å². The standard InChI is InChI=1S/C14H11BrF3N3O3.C9H8ClF3N2O2.C5H4BrNO/c1-21(23-2)13(22)9-4-6-11(20-12(9)14(16,17)18)24-8-3-5-10(15)19-7-8;1-15(17-2)8(16)5-3-4-6(10)14-7(5)9(11,12)13;6-5-2-1-4(8)3-7-5/h3-7H,1-2H3;3-4H,1-2H3;1-3,8H. The quantitative estimate of drug-likeness (QED) is 0.117. The summed E-state index contributed by atoms with van der Waals surface area (Å²) < 4.78 is 84.0. The number of hydroxylamine groups is 4. The Bertz CT molecular complexity index is 1700. The summed E-state index contributed by atoms with van der Waals surface area (Å²) in [7, 11) is 4.71. The number of carbonyl (C=O) groups is 2. The molecule has 0 radical (unpaired) electrons. The Morgan fingerprint density at radius 3 is 1.61 bits per heavy atom. The zero-order valence-electron chi connectivity index (χ0n) is 25.3. The lowest BCUT2D eigenvalue weighted by Gasteiger charge is -2.17.